The van der Waals surface area contributed by atoms with Gasteiger partial charge in [0.05, 0.1) is 10.6 Å². The number of anilines is 1. The van der Waals surface area contributed by atoms with Crippen LogP contribution in [0.2, 0.25) is 0 Å². The summed E-state index contributed by atoms with van der Waals surface area (Å²) in [6.45, 7) is 4.41. The molecule has 0 spiro atoms. The quantitative estimate of drug-likeness (QED) is 0.659. The lowest BCUT2D eigenvalue weighted by Crippen LogP contribution is -2.29. The zero-order chi connectivity index (χ0) is 19.0. The fourth-order valence-electron chi connectivity index (χ4n) is 2.21. The number of nitrogens with one attached hydrogen (secondary N) is 2. The van der Waals surface area contributed by atoms with Crippen molar-refractivity contribution in [3.63, 3.8) is 0 Å². The van der Waals surface area contributed by atoms with Crippen LogP contribution >= 0.6 is 0 Å². The van der Waals surface area contributed by atoms with E-state index in [1.54, 1.807) is 12.1 Å². The molecule has 0 saturated carbocycles. The Labute approximate surface area is 154 Å². The number of ether oxygens (including phenoxy) is 1. The maximum atomic E-state index is 12.5. The highest BCUT2D eigenvalue weighted by Gasteiger charge is 2.15. The third-order valence-corrected chi connectivity index (χ3v) is 5.13. The van der Waals surface area contributed by atoms with Gasteiger partial charge in [-0.25, -0.2) is 8.42 Å². The summed E-state index contributed by atoms with van der Waals surface area (Å²) in [5.41, 5.74) is 1.38. The van der Waals surface area contributed by atoms with Gasteiger partial charge in [-0.05, 0) is 49.2 Å². The molecule has 2 rings (SSSR count). The van der Waals surface area contributed by atoms with E-state index in [4.69, 9.17) is 4.74 Å². The zero-order valence-electron chi connectivity index (χ0n) is 15.0. The molecule has 0 unspecified atom stereocenters. The molecule has 2 N–H and O–H groups in total. The Bertz CT molecular complexity index is 833. The highest BCUT2D eigenvalue weighted by molar-refractivity contribution is 7.92. The Hall–Kier alpha value is -2.54. The van der Waals surface area contributed by atoms with Crippen molar-refractivity contribution in [2.24, 2.45) is 0 Å². The van der Waals surface area contributed by atoms with Crippen molar-refractivity contribution in [2.45, 2.75) is 31.6 Å². The first kappa shape index (κ1) is 19.8. The number of unbranched alkanes of at least 4 members (excludes halogenated alkanes) is 1. The van der Waals surface area contributed by atoms with Gasteiger partial charge in [0.2, 0.25) is 0 Å². The van der Waals surface area contributed by atoms with Crippen molar-refractivity contribution in [3.8, 4) is 5.75 Å². The Kier molecular flexibility index (Phi) is 7.03. The van der Waals surface area contributed by atoms with Crippen molar-refractivity contribution in [1.82, 2.24) is 5.32 Å². The normalized spacial score (nSPS) is 11.0. The lowest BCUT2D eigenvalue weighted by molar-refractivity contribution is -0.123. The zero-order valence-corrected chi connectivity index (χ0v) is 15.8. The lowest BCUT2D eigenvalue weighted by atomic mass is 10.2. The van der Waals surface area contributed by atoms with E-state index in [0.717, 1.165) is 18.4 Å². The van der Waals surface area contributed by atoms with Crippen LogP contribution in [-0.2, 0) is 14.8 Å². The second-order valence-electron chi connectivity index (χ2n) is 5.88. The number of hydrogen-bond donors (Lipinski definition) is 2. The highest BCUT2D eigenvalue weighted by Crippen LogP contribution is 2.21. The number of rotatable bonds is 9. The Morgan fingerprint density at radius 1 is 1.08 bits per heavy atom. The van der Waals surface area contributed by atoms with Crippen molar-refractivity contribution >= 4 is 21.6 Å². The molecule has 140 valence electrons. The number of sulfonamides is 1. The minimum Gasteiger partial charge on any atom is -0.484 e. The van der Waals surface area contributed by atoms with Crippen LogP contribution in [0.3, 0.4) is 0 Å². The molecule has 6 nitrogen and oxygen atoms in total. The molecule has 0 fully saturated rings. The molecule has 0 saturated heterocycles. The Morgan fingerprint density at radius 2 is 1.77 bits per heavy atom. The smallest absolute Gasteiger partial charge is 0.261 e. The molecule has 0 aliphatic heterocycles. The maximum absolute atomic E-state index is 12.5. The van der Waals surface area contributed by atoms with Gasteiger partial charge in [0, 0.05) is 6.54 Å². The van der Waals surface area contributed by atoms with Crippen LogP contribution in [0.15, 0.2) is 53.4 Å². The fraction of sp³-hybridized carbons (Fsp3) is 0.316. The van der Waals surface area contributed by atoms with Crippen LogP contribution in [-0.4, -0.2) is 27.5 Å². The summed E-state index contributed by atoms with van der Waals surface area (Å²) >= 11 is 0. The maximum Gasteiger partial charge on any atom is 0.261 e. The monoisotopic (exact) mass is 376 g/mol. The highest BCUT2D eigenvalue weighted by atomic mass is 32.2. The van der Waals surface area contributed by atoms with E-state index < -0.39 is 10.0 Å². The first-order chi connectivity index (χ1) is 12.4. The van der Waals surface area contributed by atoms with Crippen LogP contribution < -0.4 is 14.8 Å². The number of amides is 1. The summed E-state index contributed by atoms with van der Waals surface area (Å²) in [7, 11) is -3.68. The van der Waals surface area contributed by atoms with Gasteiger partial charge in [0.25, 0.3) is 15.9 Å². The summed E-state index contributed by atoms with van der Waals surface area (Å²) in [6.07, 6.45) is 1.93. The van der Waals surface area contributed by atoms with E-state index in [1.807, 2.05) is 26.0 Å². The molecule has 0 aromatic heterocycles. The molecule has 0 bridgehead atoms. The molecular weight excluding hydrogens is 352 g/mol. The molecule has 0 radical (unpaired) electrons. The summed E-state index contributed by atoms with van der Waals surface area (Å²) in [5.74, 6) is 0.238. The van der Waals surface area contributed by atoms with Crippen molar-refractivity contribution in [2.75, 3.05) is 17.9 Å². The molecule has 2 aromatic carbocycles. The second kappa shape index (κ2) is 9.24. The molecule has 26 heavy (non-hydrogen) atoms. The summed E-state index contributed by atoms with van der Waals surface area (Å²) in [6, 6.07) is 13.1. The third-order valence-electron chi connectivity index (χ3n) is 3.75. The number of benzene rings is 2. The number of para-hydroxylation sites is 1. The van der Waals surface area contributed by atoms with E-state index in [9.17, 15) is 13.2 Å². The average Bonchev–Trinajstić information content (AvgIpc) is 2.62. The van der Waals surface area contributed by atoms with E-state index in [1.165, 1.54) is 24.3 Å². The average molecular weight is 376 g/mol. The topological polar surface area (TPSA) is 84.5 Å². The molecule has 7 heteroatoms. The van der Waals surface area contributed by atoms with Crippen LogP contribution in [0.5, 0.6) is 5.75 Å². The van der Waals surface area contributed by atoms with E-state index >= 15 is 0 Å². The summed E-state index contributed by atoms with van der Waals surface area (Å²) in [4.78, 5) is 11.7. The van der Waals surface area contributed by atoms with E-state index in [0.29, 0.717) is 18.0 Å². The Balaban J connectivity index is 1.95. The van der Waals surface area contributed by atoms with Gasteiger partial charge in [0.1, 0.15) is 5.75 Å². The SMILES string of the molecule is CCCCNC(=O)COc1ccc(S(=O)(=O)Nc2ccccc2C)cc1. The van der Waals surface area contributed by atoms with E-state index in [-0.39, 0.29) is 17.4 Å². The van der Waals surface area contributed by atoms with Crippen molar-refractivity contribution in [1.29, 1.82) is 0 Å². The van der Waals surface area contributed by atoms with Gasteiger partial charge < -0.3 is 10.1 Å². The standard InChI is InChI=1S/C19H24N2O4S/c1-3-4-13-20-19(22)14-25-16-9-11-17(12-10-16)26(23,24)21-18-8-6-5-7-15(18)2/h5-12,21H,3-4,13-14H2,1-2H3,(H,20,22). The van der Waals surface area contributed by atoms with Crippen LogP contribution in [0.25, 0.3) is 0 Å². The minimum atomic E-state index is -3.68. The number of hydrogen-bond acceptors (Lipinski definition) is 4. The fourth-order valence-corrected chi connectivity index (χ4v) is 3.34. The summed E-state index contributed by atoms with van der Waals surface area (Å²) < 4.78 is 32.9. The predicted octanol–water partition coefficient (Wildman–Crippen LogP) is 3.09. The third kappa shape index (κ3) is 5.77. The molecule has 1 amide bonds. The van der Waals surface area contributed by atoms with E-state index in [2.05, 4.69) is 10.0 Å². The lowest BCUT2D eigenvalue weighted by Gasteiger charge is -2.11. The first-order valence-corrected chi connectivity index (χ1v) is 9.98. The van der Waals surface area contributed by atoms with Gasteiger partial charge in [-0.3, -0.25) is 9.52 Å². The molecule has 0 heterocycles. The van der Waals surface area contributed by atoms with Gasteiger partial charge in [0.15, 0.2) is 6.61 Å². The van der Waals surface area contributed by atoms with Gasteiger partial charge in [-0.1, -0.05) is 31.5 Å². The molecule has 0 atom stereocenters. The summed E-state index contributed by atoms with van der Waals surface area (Å²) in [5, 5.41) is 2.75. The van der Waals surface area contributed by atoms with Crippen LogP contribution in [0.1, 0.15) is 25.3 Å². The van der Waals surface area contributed by atoms with Gasteiger partial charge >= 0.3 is 0 Å². The van der Waals surface area contributed by atoms with Crippen LogP contribution in [0.4, 0.5) is 5.69 Å². The Morgan fingerprint density at radius 3 is 2.42 bits per heavy atom. The van der Waals surface area contributed by atoms with Crippen molar-refractivity contribution < 1.29 is 17.9 Å². The molecule has 2 aromatic rings. The number of carbonyl (C=O) groups is 1. The number of aryl methyl sites for hydroxylation is 1. The largest absolute Gasteiger partial charge is 0.484 e. The van der Waals surface area contributed by atoms with Gasteiger partial charge in [-0.2, -0.15) is 0 Å². The minimum absolute atomic E-state index is 0.0999. The van der Waals surface area contributed by atoms with Crippen molar-refractivity contribution in [3.05, 3.63) is 54.1 Å². The second-order valence-corrected chi connectivity index (χ2v) is 7.57. The molecular formula is C19H24N2O4S. The van der Waals surface area contributed by atoms with Crippen LogP contribution in [0, 0.1) is 6.92 Å². The first-order valence-electron chi connectivity index (χ1n) is 8.50. The predicted molar refractivity (Wildman–Crippen MR) is 102 cm³/mol. The molecule has 0 aliphatic carbocycles. The number of carbonyl (C=O) groups excluding carboxylic acids is 1. The van der Waals surface area contributed by atoms with Gasteiger partial charge in [-0.15, -0.1) is 0 Å². The molecule has 0 aliphatic rings.